The first-order valence-electron chi connectivity index (χ1n) is 8.83. The lowest BCUT2D eigenvalue weighted by Crippen LogP contribution is -2.28. The maximum Gasteiger partial charge on any atom is 0.412 e. The predicted molar refractivity (Wildman–Crippen MR) is 106 cm³/mol. The summed E-state index contributed by atoms with van der Waals surface area (Å²) in [7, 11) is 0. The summed E-state index contributed by atoms with van der Waals surface area (Å²) in [5.41, 5.74) is 1.46. The van der Waals surface area contributed by atoms with E-state index in [0.29, 0.717) is 5.75 Å². The van der Waals surface area contributed by atoms with Crippen LogP contribution in [0.2, 0.25) is 0 Å². The molecule has 0 aliphatic carbocycles. The van der Waals surface area contributed by atoms with Gasteiger partial charge >= 0.3 is 6.09 Å². The first-order chi connectivity index (χ1) is 13.0. The molecule has 0 heterocycles. The van der Waals surface area contributed by atoms with Gasteiger partial charge in [-0.2, -0.15) is 0 Å². The molecule has 2 aromatic carbocycles. The van der Waals surface area contributed by atoms with E-state index in [1.165, 1.54) is 12.1 Å². The summed E-state index contributed by atoms with van der Waals surface area (Å²) in [4.78, 5) is 24.3. The lowest BCUT2D eigenvalue weighted by atomic mass is 10.1. The SMILES string of the molecule is Cc1cccc(C)c1OCC(=O)Nc1cc(F)ccc1NC(=O)OC(C)(C)C. The average Bonchev–Trinajstić information content (AvgIpc) is 2.55. The molecular weight excluding hydrogens is 363 g/mol. The van der Waals surface area contributed by atoms with Gasteiger partial charge in [0.1, 0.15) is 17.2 Å². The van der Waals surface area contributed by atoms with E-state index in [-0.39, 0.29) is 18.0 Å². The molecule has 28 heavy (non-hydrogen) atoms. The van der Waals surface area contributed by atoms with E-state index >= 15 is 0 Å². The average molecular weight is 388 g/mol. The molecule has 0 fully saturated rings. The predicted octanol–water partition coefficient (Wildman–Crippen LogP) is 4.81. The number of rotatable bonds is 5. The topological polar surface area (TPSA) is 76.7 Å². The Hall–Kier alpha value is -3.09. The summed E-state index contributed by atoms with van der Waals surface area (Å²) in [6.07, 6.45) is -0.707. The van der Waals surface area contributed by atoms with Crippen molar-refractivity contribution in [1.29, 1.82) is 0 Å². The van der Waals surface area contributed by atoms with Crippen LogP contribution in [0.25, 0.3) is 0 Å². The lowest BCUT2D eigenvalue weighted by molar-refractivity contribution is -0.118. The third-order valence-electron chi connectivity index (χ3n) is 3.65. The Morgan fingerprint density at radius 2 is 1.64 bits per heavy atom. The number of aryl methyl sites for hydroxylation is 2. The standard InChI is InChI=1S/C21H25FN2O4/c1-13-7-6-8-14(2)19(13)27-12-18(25)23-17-11-15(22)9-10-16(17)24-20(26)28-21(3,4)5/h6-11H,12H2,1-5H3,(H,23,25)(H,24,26). The number of hydrogen-bond acceptors (Lipinski definition) is 4. The molecular formula is C21H25FN2O4. The Labute approximate surface area is 164 Å². The van der Waals surface area contributed by atoms with Gasteiger partial charge in [-0.3, -0.25) is 10.1 Å². The van der Waals surface area contributed by atoms with Gasteiger partial charge in [-0.1, -0.05) is 18.2 Å². The molecule has 0 radical (unpaired) electrons. The summed E-state index contributed by atoms with van der Waals surface area (Å²) >= 11 is 0. The van der Waals surface area contributed by atoms with Crippen molar-refractivity contribution in [3.05, 3.63) is 53.3 Å². The number of nitrogens with one attached hydrogen (secondary N) is 2. The number of hydrogen-bond donors (Lipinski definition) is 2. The molecule has 0 saturated heterocycles. The van der Waals surface area contributed by atoms with Crippen LogP contribution in [0.4, 0.5) is 20.6 Å². The fourth-order valence-electron chi connectivity index (χ4n) is 2.49. The zero-order valence-electron chi connectivity index (χ0n) is 16.7. The molecule has 0 unspecified atom stereocenters. The van der Waals surface area contributed by atoms with Crippen LogP contribution in [0.1, 0.15) is 31.9 Å². The molecule has 0 saturated carbocycles. The third kappa shape index (κ3) is 6.26. The smallest absolute Gasteiger partial charge is 0.412 e. The highest BCUT2D eigenvalue weighted by molar-refractivity contribution is 5.98. The molecule has 150 valence electrons. The van der Waals surface area contributed by atoms with Gasteiger partial charge < -0.3 is 14.8 Å². The van der Waals surface area contributed by atoms with Gasteiger partial charge in [0, 0.05) is 0 Å². The number of halogens is 1. The molecule has 0 aliphatic heterocycles. The van der Waals surface area contributed by atoms with Crippen LogP contribution in [0, 0.1) is 19.7 Å². The first kappa shape index (κ1) is 21.2. The molecule has 2 N–H and O–H groups in total. The van der Waals surface area contributed by atoms with Crippen molar-refractivity contribution in [2.45, 2.75) is 40.2 Å². The fourth-order valence-corrected chi connectivity index (χ4v) is 2.49. The maximum atomic E-state index is 13.6. The van der Waals surface area contributed by atoms with Crippen LogP contribution in [-0.4, -0.2) is 24.2 Å². The molecule has 0 atom stereocenters. The number of carbonyl (C=O) groups is 2. The van der Waals surface area contributed by atoms with E-state index in [4.69, 9.17) is 9.47 Å². The fraction of sp³-hybridized carbons (Fsp3) is 0.333. The number of carbonyl (C=O) groups excluding carboxylic acids is 2. The molecule has 0 aromatic heterocycles. The maximum absolute atomic E-state index is 13.6. The first-order valence-corrected chi connectivity index (χ1v) is 8.83. The highest BCUT2D eigenvalue weighted by Crippen LogP contribution is 2.25. The van der Waals surface area contributed by atoms with Crippen LogP contribution >= 0.6 is 0 Å². The monoisotopic (exact) mass is 388 g/mol. The number of anilines is 2. The highest BCUT2D eigenvalue weighted by Gasteiger charge is 2.18. The van der Waals surface area contributed by atoms with Gasteiger partial charge in [-0.25, -0.2) is 9.18 Å². The Bertz CT molecular complexity index is 855. The number of para-hydroxylation sites is 1. The lowest BCUT2D eigenvalue weighted by Gasteiger charge is -2.20. The van der Waals surface area contributed by atoms with Gasteiger partial charge in [0.15, 0.2) is 6.61 Å². The van der Waals surface area contributed by atoms with E-state index in [2.05, 4.69) is 10.6 Å². The van der Waals surface area contributed by atoms with E-state index in [1.807, 2.05) is 32.0 Å². The van der Waals surface area contributed by atoms with Gasteiger partial charge in [0.25, 0.3) is 5.91 Å². The summed E-state index contributed by atoms with van der Waals surface area (Å²) in [6.45, 7) is 8.69. The van der Waals surface area contributed by atoms with Crippen LogP contribution in [0.15, 0.2) is 36.4 Å². The second-order valence-electron chi connectivity index (χ2n) is 7.37. The quantitative estimate of drug-likeness (QED) is 0.771. The minimum atomic E-state index is -0.707. The summed E-state index contributed by atoms with van der Waals surface area (Å²) < 4.78 is 24.4. The normalized spacial score (nSPS) is 10.9. The molecule has 2 rings (SSSR count). The molecule has 2 amide bonds. The summed E-state index contributed by atoms with van der Waals surface area (Å²) in [6, 6.07) is 9.31. The van der Waals surface area contributed by atoms with Gasteiger partial charge in [0.2, 0.25) is 0 Å². The minimum Gasteiger partial charge on any atom is -0.483 e. The zero-order valence-corrected chi connectivity index (χ0v) is 16.7. The Balaban J connectivity index is 2.07. The zero-order chi connectivity index (χ0) is 20.9. The summed E-state index contributed by atoms with van der Waals surface area (Å²) in [5, 5.41) is 5.06. The van der Waals surface area contributed by atoms with Crippen molar-refractivity contribution >= 4 is 23.4 Å². The highest BCUT2D eigenvalue weighted by atomic mass is 19.1. The number of amides is 2. The van der Waals surface area contributed by atoms with Crippen molar-refractivity contribution in [2.24, 2.45) is 0 Å². The van der Waals surface area contributed by atoms with Crippen molar-refractivity contribution in [3.8, 4) is 5.75 Å². The molecule has 0 spiro atoms. The molecule has 6 nitrogen and oxygen atoms in total. The third-order valence-corrected chi connectivity index (χ3v) is 3.65. The van der Waals surface area contributed by atoms with Gasteiger partial charge in [0.05, 0.1) is 11.4 Å². The second kappa shape index (κ2) is 8.73. The van der Waals surface area contributed by atoms with Crippen LogP contribution < -0.4 is 15.4 Å². The van der Waals surface area contributed by atoms with Crippen molar-refractivity contribution in [1.82, 2.24) is 0 Å². The van der Waals surface area contributed by atoms with Crippen LogP contribution in [-0.2, 0) is 9.53 Å². The van der Waals surface area contributed by atoms with Crippen LogP contribution in [0.3, 0.4) is 0 Å². The van der Waals surface area contributed by atoms with Gasteiger partial charge in [-0.05, 0) is 63.9 Å². The number of ether oxygens (including phenoxy) is 2. The molecule has 0 aliphatic rings. The number of benzene rings is 2. The second-order valence-corrected chi connectivity index (χ2v) is 7.37. The van der Waals surface area contributed by atoms with E-state index < -0.39 is 23.4 Å². The Kier molecular flexibility index (Phi) is 6.62. The van der Waals surface area contributed by atoms with E-state index in [1.54, 1.807) is 20.8 Å². The largest absolute Gasteiger partial charge is 0.483 e. The summed E-state index contributed by atoms with van der Waals surface area (Å²) in [5.74, 6) is -0.412. The Morgan fingerprint density at radius 3 is 2.25 bits per heavy atom. The molecule has 7 heteroatoms. The van der Waals surface area contributed by atoms with E-state index in [9.17, 15) is 14.0 Å². The molecule has 2 aromatic rings. The molecule has 0 bridgehead atoms. The van der Waals surface area contributed by atoms with Crippen molar-refractivity contribution in [2.75, 3.05) is 17.2 Å². The minimum absolute atomic E-state index is 0.112. The Morgan fingerprint density at radius 1 is 1.00 bits per heavy atom. The van der Waals surface area contributed by atoms with E-state index in [0.717, 1.165) is 17.2 Å². The van der Waals surface area contributed by atoms with Crippen molar-refractivity contribution in [3.63, 3.8) is 0 Å². The van der Waals surface area contributed by atoms with Crippen molar-refractivity contribution < 1.29 is 23.5 Å². The van der Waals surface area contributed by atoms with Gasteiger partial charge in [-0.15, -0.1) is 0 Å². The van der Waals surface area contributed by atoms with Crippen LogP contribution in [0.5, 0.6) is 5.75 Å².